The first-order valence-corrected chi connectivity index (χ1v) is 10.8. The van der Waals surface area contributed by atoms with Crippen molar-refractivity contribution in [3.8, 4) is 0 Å². The molecule has 0 aromatic heterocycles. The van der Waals surface area contributed by atoms with Crippen molar-refractivity contribution < 1.29 is 9.53 Å². The van der Waals surface area contributed by atoms with Gasteiger partial charge in [0.05, 0.1) is 6.61 Å². The number of ether oxygens (including phenoxy) is 1. The third-order valence-electron chi connectivity index (χ3n) is 4.79. The summed E-state index contributed by atoms with van der Waals surface area (Å²) in [4.78, 5) is 13.9. The Bertz CT molecular complexity index is 447. The van der Waals surface area contributed by atoms with Crippen molar-refractivity contribution >= 4 is 11.8 Å². The number of hydrogen-bond acceptors (Lipinski definition) is 2. The van der Waals surface area contributed by atoms with Gasteiger partial charge in [-0.15, -0.1) is 0 Å². The summed E-state index contributed by atoms with van der Waals surface area (Å²) < 4.78 is 5.20. The summed E-state index contributed by atoms with van der Waals surface area (Å²) in [6.07, 6.45) is 15.7. The molecule has 0 heterocycles. The van der Waals surface area contributed by atoms with Gasteiger partial charge in [0.15, 0.2) is 0 Å². The molecule has 3 heteroatoms. The molecule has 0 atom stereocenters. The smallest absolute Gasteiger partial charge is 0.414 e. The van der Waals surface area contributed by atoms with E-state index in [1.807, 2.05) is 37.3 Å². The van der Waals surface area contributed by atoms with Crippen LogP contribution in [0.25, 0.3) is 0 Å². The normalized spacial score (nSPS) is 10.7. The van der Waals surface area contributed by atoms with E-state index in [-0.39, 0.29) is 6.09 Å². The number of anilines is 1. The molecule has 26 heavy (non-hydrogen) atoms. The Labute approximate surface area is 161 Å². The van der Waals surface area contributed by atoms with E-state index in [0.29, 0.717) is 6.61 Å². The molecule has 1 rings (SSSR count). The van der Waals surface area contributed by atoms with E-state index in [0.717, 1.165) is 18.7 Å². The van der Waals surface area contributed by atoms with Gasteiger partial charge in [0.1, 0.15) is 0 Å². The Hall–Kier alpha value is -1.51. The molecule has 0 radical (unpaired) electrons. The third-order valence-corrected chi connectivity index (χ3v) is 4.79. The second-order valence-corrected chi connectivity index (χ2v) is 7.08. The summed E-state index contributed by atoms with van der Waals surface area (Å²) >= 11 is 0. The standard InChI is InChI=1S/C23H39NO2/c1-3-5-6-7-8-9-10-11-12-13-14-18-21-24(23(25)26-4-2)22-19-16-15-17-20-22/h15-17,19-20H,3-14,18,21H2,1-2H3. The number of rotatable bonds is 15. The van der Waals surface area contributed by atoms with Crippen LogP contribution in [0.2, 0.25) is 0 Å². The highest BCUT2D eigenvalue weighted by atomic mass is 16.6. The molecular formula is C23H39NO2. The van der Waals surface area contributed by atoms with Gasteiger partial charge in [-0.1, -0.05) is 95.8 Å². The maximum atomic E-state index is 12.2. The quantitative estimate of drug-likeness (QED) is 0.306. The molecule has 1 aromatic carbocycles. The van der Waals surface area contributed by atoms with Gasteiger partial charge >= 0.3 is 6.09 Å². The summed E-state index contributed by atoms with van der Waals surface area (Å²) in [5, 5.41) is 0. The van der Waals surface area contributed by atoms with Crippen LogP contribution in [0.1, 0.15) is 90.9 Å². The lowest BCUT2D eigenvalue weighted by atomic mass is 10.1. The predicted octanol–water partition coefficient (Wildman–Crippen LogP) is 7.35. The van der Waals surface area contributed by atoms with Crippen LogP contribution in [-0.2, 0) is 4.74 Å². The highest BCUT2D eigenvalue weighted by molar-refractivity contribution is 5.87. The van der Waals surface area contributed by atoms with Crippen LogP contribution in [0.15, 0.2) is 30.3 Å². The highest BCUT2D eigenvalue weighted by Crippen LogP contribution is 2.17. The van der Waals surface area contributed by atoms with Crippen LogP contribution in [0, 0.1) is 0 Å². The minimum absolute atomic E-state index is 0.234. The van der Waals surface area contributed by atoms with E-state index < -0.39 is 0 Å². The van der Waals surface area contributed by atoms with Gasteiger partial charge in [0.25, 0.3) is 0 Å². The number of para-hydroxylation sites is 1. The fourth-order valence-corrected chi connectivity index (χ4v) is 3.25. The van der Waals surface area contributed by atoms with Crippen molar-refractivity contribution in [2.45, 2.75) is 90.9 Å². The van der Waals surface area contributed by atoms with Crippen molar-refractivity contribution in [3.63, 3.8) is 0 Å². The first kappa shape index (κ1) is 22.5. The number of carbonyl (C=O) groups is 1. The molecular weight excluding hydrogens is 322 g/mol. The molecule has 148 valence electrons. The Morgan fingerprint density at radius 3 is 1.77 bits per heavy atom. The lowest BCUT2D eigenvalue weighted by molar-refractivity contribution is 0.159. The zero-order chi connectivity index (χ0) is 18.9. The predicted molar refractivity (Wildman–Crippen MR) is 112 cm³/mol. The molecule has 3 nitrogen and oxygen atoms in total. The van der Waals surface area contributed by atoms with E-state index in [4.69, 9.17) is 4.74 Å². The lowest BCUT2D eigenvalue weighted by Gasteiger charge is -2.21. The van der Waals surface area contributed by atoms with Crippen molar-refractivity contribution in [3.05, 3.63) is 30.3 Å². The SMILES string of the molecule is CCCCCCCCCCCCCCN(C(=O)OCC)c1ccccc1. The molecule has 0 fully saturated rings. The number of nitrogens with zero attached hydrogens (tertiary/aromatic N) is 1. The third kappa shape index (κ3) is 10.5. The van der Waals surface area contributed by atoms with Crippen LogP contribution >= 0.6 is 0 Å². The molecule has 0 bridgehead atoms. The average molecular weight is 362 g/mol. The second-order valence-electron chi connectivity index (χ2n) is 7.08. The van der Waals surface area contributed by atoms with Crippen molar-refractivity contribution in [2.75, 3.05) is 18.1 Å². The maximum Gasteiger partial charge on any atom is 0.414 e. The van der Waals surface area contributed by atoms with E-state index in [1.165, 1.54) is 70.6 Å². The topological polar surface area (TPSA) is 29.5 Å². The Kier molecular flexibility index (Phi) is 13.6. The van der Waals surface area contributed by atoms with Gasteiger partial charge in [-0.2, -0.15) is 0 Å². The molecule has 0 saturated heterocycles. The first-order valence-electron chi connectivity index (χ1n) is 10.8. The zero-order valence-corrected chi connectivity index (χ0v) is 17.0. The fourth-order valence-electron chi connectivity index (χ4n) is 3.25. The minimum atomic E-state index is -0.234. The van der Waals surface area contributed by atoms with Gasteiger partial charge in [-0.25, -0.2) is 4.79 Å². The maximum absolute atomic E-state index is 12.2. The molecule has 1 aromatic rings. The second kappa shape index (κ2) is 15.7. The van der Waals surface area contributed by atoms with Gasteiger partial charge in [0, 0.05) is 12.2 Å². The van der Waals surface area contributed by atoms with Crippen LogP contribution < -0.4 is 4.90 Å². The molecule has 0 unspecified atom stereocenters. The van der Waals surface area contributed by atoms with Crippen LogP contribution in [0.5, 0.6) is 0 Å². The lowest BCUT2D eigenvalue weighted by Crippen LogP contribution is -2.32. The van der Waals surface area contributed by atoms with Crippen molar-refractivity contribution in [2.24, 2.45) is 0 Å². The van der Waals surface area contributed by atoms with Gasteiger partial charge in [-0.3, -0.25) is 4.90 Å². The summed E-state index contributed by atoms with van der Waals surface area (Å²) in [7, 11) is 0. The van der Waals surface area contributed by atoms with Crippen LogP contribution in [0.4, 0.5) is 10.5 Å². The van der Waals surface area contributed by atoms with Crippen molar-refractivity contribution in [1.29, 1.82) is 0 Å². The Balaban J connectivity index is 2.11. The van der Waals surface area contributed by atoms with Gasteiger partial charge < -0.3 is 4.74 Å². The monoisotopic (exact) mass is 361 g/mol. The summed E-state index contributed by atoms with van der Waals surface area (Å²) in [5.41, 5.74) is 0.925. The number of hydrogen-bond donors (Lipinski definition) is 0. The fraction of sp³-hybridized carbons (Fsp3) is 0.696. The van der Waals surface area contributed by atoms with E-state index in [9.17, 15) is 4.79 Å². The molecule has 0 aliphatic rings. The number of benzene rings is 1. The summed E-state index contributed by atoms with van der Waals surface area (Å²) in [6, 6.07) is 9.83. The van der Waals surface area contributed by atoms with E-state index in [2.05, 4.69) is 6.92 Å². The molecule has 0 aliphatic heterocycles. The molecule has 0 N–H and O–H groups in total. The Morgan fingerprint density at radius 1 is 0.769 bits per heavy atom. The zero-order valence-electron chi connectivity index (χ0n) is 17.0. The summed E-state index contributed by atoms with van der Waals surface area (Å²) in [5.74, 6) is 0. The number of unbranched alkanes of at least 4 members (excludes halogenated alkanes) is 11. The van der Waals surface area contributed by atoms with Gasteiger partial charge in [0.2, 0.25) is 0 Å². The van der Waals surface area contributed by atoms with E-state index >= 15 is 0 Å². The average Bonchev–Trinajstić information content (AvgIpc) is 2.66. The largest absolute Gasteiger partial charge is 0.449 e. The molecule has 0 aliphatic carbocycles. The first-order chi connectivity index (χ1) is 12.8. The Morgan fingerprint density at radius 2 is 1.27 bits per heavy atom. The molecule has 0 saturated carbocycles. The van der Waals surface area contributed by atoms with Crippen molar-refractivity contribution in [1.82, 2.24) is 0 Å². The molecule has 1 amide bonds. The van der Waals surface area contributed by atoms with Crippen LogP contribution in [0.3, 0.4) is 0 Å². The summed E-state index contributed by atoms with van der Waals surface area (Å²) in [6.45, 7) is 5.28. The number of amides is 1. The highest BCUT2D eigenvalue weighted by Gasteiger charge is 2.15. The van der Waals surface area contributed by atoms with Gasteiger partial charge in [-0.05, 0) is 25.5 Å². The van der Waals surface area contributed by atoms with Crippen LogP contribution in [-0.4, -0.2) is 19.2 Å². The minimum Gasteiger partial charge on any atom is -0.449 e. The van der Waals surface area contributed by atoms with E-state index in [1.54, 1.807) is 4.90 Å². The number of carbonyl (C=O) groups excluding carboxylic acids is 1. The molecule has 0 spiro atoms.